The van der Waals surface area contributed by atoms with E-state index in [4.69, 9.17) is 5.11 Å². The number of hydrogen-bond acceptors (Lipinski definition) is 3. The fourth-order valence-corrected chi connectivity index (χ4v) is 1.76. The molecule has 3 N–H and O–H groups in total. The van der Waals surface area contributed by atoms with E-state index in [1.807, 2.05) is 13.2 Å². The average molecular weight is 262 g/mol. The normalized spacial score (nSPS) is 11.9. The van der Waals surface area contributed by atoms with Gasteiger partial charge in [0.25, 0.3) is 0 Å². The Labute approximate surface area is 107 Å². The van der Waals surface area contributed by atoms with Crippen LogP contribution >= 0.6 is 11.8 Å². The third-order valence-corrected chi connectivity index (χ3v) is 2.91. The maximum absolute atomic E-state index is 11.4. The molecule has 1 unspecified atom stereocenters. The van der Waals surface area contributed by atoms with Gasteiger partial charge in [0.1, 0.15) is 0 Å². The molecule has 6 heteroatoms. The van der Waals surface area contributed by atoms with Gasteiger partial charge in [-0.05, 0) is 38.2 Å². The third-order valence-electron chi connectivity index (χ3n) is 2.22. The van der Waals surface area contributed by atoms with Crippen molar-refractivity contribution in [3.8, 4) is 0 Å². The van der Waals surface area contributed by atoms with Crippen molar-refractivity contribution in [3.05, 3.63) is 0 Å². The lowest BCUT2D eigenvalue weighted by Gasteiger charge is -2.13. The molecule has 0 saturated carbocycles. The lowest BCUT2D eigenvalue weighted by atomic mass is 10.1. The molecular weight excluding hydrogens is 240 g/mol. The van der Waals surface area contributed by atoms with Gasteiger partial charge in [0.05, 0.1) is 0 Å². The summed E-state index contributed by atoms with van der Waals surface area (Å²) in [5.41, 5.74) is 0. The Morgan fingerprint density at radius 2 is 2.06 bits per heavy atom. The summed E-state index contributed by atoms with van der Waals surface area (Å²) in [5, 5.41) is 14.0. The van der Waals surface area contributed by atoms with Crippen LogP contribution in [0.2, 0.25) is 0 Å². The molecule has 0 saturated heterocycles. The lowest BCUT2D eigenvalue weighted by Crippen LogP contribution is -2.41. The summed E-state index contributed by atoms with van der Waals surface area (Å²) < 4.78 is 0. The zero-order valence-corrected chi connectivity index (χ0v) is 11.3. The summed E-state index contributed by atoms with van der Waals surface area (Å²) in [6, 6.07) is -0.163. The van der Waals surface area contributed by atoms with Crippen LogP contribution in [0, 0.1) is 0 Å². The summed E-state index contributed by atoms with van der Waals surface area (Å²) in [5.74, 6) is 0.243. The maximum Gasteiger partial charge on any atom is 0.314 e. The molecule has 0 radical (unpaired) electrons. The summed E-state index contributed by atoms with van der Waals surface area (Å²) in [4.78, 5) is 21.7. The highest BCUT2D eigenvalue weighted by Gasteiger charge is 2.07. The van der Waals surface area contributed by atoms with Crippen molar-refractivity contribution < 1.29 is 14.7 Å². The number of rotatable bonds is 9. The summed E-state index contributed by atoms with van der Waals surface area (Å²) in [6.07, 6.45) is 4.42. The SMILES string of the molecule is CSCCCNC(=O)NC(C)CCCC(=O)O. The molecule has 0 aromatic rings. The van der Waals surface area contributed by atoms with E-state index in [9.17, 15) is 9.59 Å². The molecule has 17 heavy (non-hydrogen) atoms. The summed E-state index contributed by atoms with van der Waals surface area (Å²) in [7, 11) is 0. The van der Waals surface area contributed by atoms with E-state index in [0.717, 1.165) is 12.2 Å². The van der Waals surface area contributed by atoms with Crippen molar-refractivity contribution in [2.24, 2.45) is 0 Å². The molecular formula is C11H22N2O3S. The minimum atomic E-state index is -0.793. The van der Waals surface area contributed by atoms with E-state index >= 15 is 0 Å². The Bertz CT molecular complexity index is 237. The van der Waals surface area contributed by atoms with E-state index in [0.29, 0.717) is 19.4 Å². The highest BCUT2D eigenvalue weighted by molar-refractivity contribution is 7.98. The Kier molecular flexibility index (Phi) is 9.71. The van der Waals surface area contributed by atoms with E-state index in [1.54, 1.807) is 11.8 Å². The van der Waals surface area contributed by atoms with E-state index in [2.05, 4.69) is 10.6 Å². The standard InChI is InChI=1S/C11H22N2O3S/c1-9(5-3-6-10(14)15)13-11(16)12-7-4-8-17-2/h9H,3-8H2,1-2H3,(H,14,15)(H2,12,13,16). The number of carbonyl (C=O) groups excluding carboxylic acids is 1. The molecule has 0 aromatic carbocycles. The molecule has 0 aliphatic rings. The Hall–Kier alpha value is -0.910. The van der Waals surface area contributed by atoms with Gasteiger partial charge < -0.3 is 15.7 Å². The van der Waals surface area contributed by atoms with E-state index in [1.165, 1.54) is 0 Å². The first-order chi connectivity index (χ1) is 8.06. The van der Waals surface area contributed by atoms with Crippen molar-refractivity contribution in [3.63, 3.8) is 0 Å². The second-order valence-corrected chi connectivity index (χ2v) is 4.92. The van der Waals surface area contributed by atoms with E-state index < -0.39 is 5.97 Å². The van der Waals surface area contributed by atoms with Crippen LogP contribution in [0.3, 0.4) is 0 Å². The quantitative estimate of drug-likeness (QED) is 0.552. The van der Waals surface area contributed by atoms with Gasteiger partial charge in [-0.2, -0.15) is 11.8 Å². The van der Waals surface area contributed by atoms with Crippen molar-refractivity contribution in [1.82, 2.24) is 10.6 Å². The first-order valence-electron chi connectivity index (χ1n) is 5.81. The molecule has 0 rings (SSSR count). The number of amides is 2. The van der Waals surface area contributed by atoms with Crippen LogP contribution in [0.5, 0.6) is 0 Å². The number of nitrogens with one attached hydrogen (secondary N) is 2. The number of carbonyl (C=O) groups is 2. The largest absolute Gasteiger partial charge is 0.481 e. The molecule has 0 spiro atoms. The predicted octanol–water partition coefficient (Wildman–Crippen LogP) is 1.68. The molecule has 0 bridgehead atoms. The van der Waals surface area contributed by atoms with Crippen LogP contribution in [0.15, 0.2) is 0 Å². The van der Waals surface area contributed by atoms with Crippen molar-refractivity contribution >= 4 is 23.8 Å². The smallest absolute Gasteiger partial charge is 0.314 e. The summed E-state index contributed by atoms with van der Waals surface area (Å²) in [6.45, 7) is 2.55. The van der Waals surface area contributed by atoms with Gasteiger partial charge >= 0.3 is 12.0 Å². The molecule has 0 fully saturated rings. The Balaban J connectivity index is 3.48. The first kappa shape index (κ1) is 16.1. The van der Waals surface area contributed by atoms with Gasteiger partial charge in [-0.15, -0.1) is 0 Å². The van der Waals surface area contributed by atoms with Crippen LogP contribution in [0.25, 0.3) is 0 Å². The van der Waals surface area contributed by atoms with Crippen molar-refractivity contribution in [2.75, 3.05) is 18.6 Å². The fourth-order valence-electron chi connectivity index (χ4n) is 1.32. The number of thioether (sulfide) groups is 1. The van der Waals surface area contributed by atoms with E-state index in [-0.39, 0.29) is 18.5 Å². The van der Waals surface area contributed by atoms with Crippen LogP contribution in [0.1, 0.15) is 32.6 Å². The molecule has 5 nitrogen and oxygen atoms in total. The molecule has 100 valence electrons. The maximum atomic E-state index is 11.4. The molecule has 0 aliphatic heterocycles. The highest BCUT2D eigenvalue weighted by Crippen LogP contribution is 2.00. The Morgan fingerprint density at radius 3 is 2.65 bits per heavy atom. The van der Waals surface area contributed by atoms with Gasteiger partial charge in [-0.3, -0.25) is 4.79 Å². The number of urea groups is 1. The second-order valence-electron chi connectivity index (χ2n) is 3.93. The average Bonchev–Trinajstić information content (AvgIpc) is 2.23. The van der Waals surface area contributed by atoms with Crippen molar-refractivity contribution in [2.45, 2.75) is 38.6 Å². The first-order valence-corrected chi connectivity index (χ1v) is 7.20. The number of carboxylic acids is 1. The zero-order chi connectivity index (χ0) is 13.1. The third kappa shape index (κ3) is 11.4. The van der Waals surface area contributed by atoms with Gasteiger partial charge in [0, 0.05) is 19.0 Å². The second kappa shape index (κ2) is 10.3. The van der Waals surface area contributed by atoms with Gasteiger partial charge in [0.2, 0.25) is 0 Å². The minimum absolute atomic E-state index is 0.00917. The molecule has 0 heterocycles. The monoisotopic (exact) mass is 262 g/mol. The zero-order valence-electron chi connectivity index (χ0n) is 10.5. The number of aliphatic carboxylic acids is 1. The molecule has 1 atom stereocenters. The summed E-state index contributed by atoms with van der Waals surface area (Å²) >= 11 is 1.75. The van der Waals surface area contributed by atoms with Crippen LogP contribution in [-0.2, 0) is 4.79 Å². The number of hydrogen-bond donors (Lipinski definition) is 3. The topological polar surface area (TPSA) is 78.4 Å². The number of carboxylic acid groups (broad SMARTS) is 1. The fraction of sp³-hybridized carbons (Fsp3) is 0.818. The predicted molar refractivity (Wildman–Crippen MR) is 70.5 cm³/mol. The minimum Gasteiger partial charge on any atom is -0.481 e. The molecule has 0 aromatic heterocycles. The highest BCUT2D eigenvalue weighted by atomic mass is 32.2. The lowest BCUT2D eigenvalue weighted by molar-refractivity contribution is -0.137. The molecule has 0 aliphatic carbocycles. The van der Waals surface area contributed by atoms with Crippen molar-refractivity contribution in [1.29, 1.82) is 0 Å². The van der Waals surface area contributed by atoms with Gasteiger partial charge in [0.15, 0.2) is 0 Å². The van der Waals surface area contributed by atoms with Gasteiger partial charge in [-0.25, -0.2) is 4.79 Å². The molecule has 2 amide bonds. The Morgan fingerprint density at radius 1 is 1.35 bits per heavy atom. The van der Waals surface area contributed by atoms with Crippen LogP contribution in [0.4, 0.5) is 4.79 Å². The van der Waals surface area contributed by atoms with Crippen LogP contribution in [-0.4, -0.2) is 41.7 Å². The van der Waals surface area contributed by atoms with Crippen LogP contribution < -0.4 is 10.6 Å². The van der Waals surface area contributed by atoms with Gasteiger partial charge in [-0.1, -0.05) is 0 Å².